The summed E-state index contributed by atoms with van der Waals surface area (Å²) in [6, 6.07) is 0.0511. The van der Waals surface area contributed by atoms with Crippen LogP contribution in [0.5, 0.6) is 0 Å². The molecule has 0 aliphatic heterocycles. The summed E-state index contributed by atoms with van der Waals surface area (Å²) in [6.45, 7) is 8.07. The number of carbonyl (C=O) groups is 3. The fraction of sp³-hybridized carbons (Fsp3) is 0.833. The van der Waals surface area contributed by atoms with Gasteiger partial charge in [0.2, 0.25) is 5.91 Å². The lowest BCUT2D eigenvalue weighted by atomic mass is 9.93. The molecular formula is C18H33NO4. The van der Waals surface area contributed by atoms with Crippen molar-refractivity contribution in [3.05, 3.63) is 0 Å². The smallest absolute Gasteiger partial charge is 0.306 e. The molecule has 0 aromatic rings. The highest BCUT2D eigenvalue weighted by atomic mass is 16.4. The third-order valence-corrected chi connectivity index (χ3v) is 3.74. The van der Waals surface area contributed by atoms with Gasteiger partial charge in [0, 0.05) is 25.3 Å². The fourth-order valence-electron chi connectivity index (χ4n) is 2.46. The van der Waals surface area contributed by atoms with E-state index in [1.54, 1.807) is 0 Å². The second-order valence-electron chi connectivity index (χ2n) is 7.03. The minimum atomic E-state index is -0.908. The molecule has 0 spiro atoms. The maximum Gasteiger partial charge on any atom is 0.306 e. The summed E-state index contributed by atoms with van der Waals surface area (Å²) in [4.78, 5) is 34.6. The number of rotatable bonds is 13. The van der Waals surface area contributed by atoms with Crippen LogP contribution in [0.4, 0.5) is 0 Å². The van der Waals surface area contributed by atoms with Gasteiger partial charge in [0.05, 0.1) is 5.92 Å². The lowest BCUT2D eigenvalue weighted by Gasteiger charge is -2.12. The minimum absolute atomic E-state index is 0.0362. The molecule has 0 saturated carbocycles. The number of carboxylic acids is 1. The molecular weight excluding hydrogens is 294 g/mol. The molecule has 0 aliphatic carbocycles. The molecule has 2 N–H and O–H groups in total. The zero-order valence-electron chi connectivity index (χ0n) is 15.1. The van der Waals surface area contributed by atoms with Crippen molar-refractivity contribution >= 4 is 17.7 Å². The zero-order valence-corrected chi connectivity index (χ0v) is 15.1. The molecule has 1 amide bonds. The third kappa shape index (κ3) is 12.8. The van der Waals surface area contributed by atoms with Crippen molar-refractivity contribution < 1.29 is 19.5 Å². The summed E-state index contributed by atoms with van der Waals surface area (Å²) >= 11 is 0. The molecule has 0 fully saturated rings. The summed E-state index contributed by atoms with van der Waals surface area (Å²) in [5, 5.41) is 12.0. The Hall–Kier alpha value is -1.39. The Bertz CT molecular complexity index is 377. The van der Waals surface area contributed by atoms with Gasteiger partial charge in [0.15, 0.2) is 0 Å². The summed E-state index contributed by atoms with van der Waals surface area (Å²) in [5.74, 6) is -1.15. The van der Waals surface area contributed by atoms with Crippen LogP contribution in [0.3, 0.4) is 0 Å². The monoisotopic (exact) mass is 327 g/mol. The molecule has 0 bridgehead atoms. The van der Waals surface area contributed by atoms with Gasteiger partial charge in [-0.2, -0.15) is 0 Å². The Morgan fingerprint density at radius 1 is 0.913 bits per heavy atom. The predicted octanol–water partition coefficient (Wildman–Crippen LogP) is 3.56. The van der Waals surface area contributed by atoms with Crippen LogP contribution in [0.15, 0.2) is 0 Å². The quantitative estimate of drug-likeness (QED) is 0.507. The fourth-order valence-corrected chi connectivity index (χ4v) is 2.46. The van der Waals surface area contributed by atoms with Crippen molar-refractivity contribution in [3.8, 4) is 0 Å². The normalized spacial score (nSPS) is 12.4. The van der Waals surface area contributed by atoms with E-state index in [9.17, 15) is 19.5 Å². The van der Waals surface area contributed by atoms with Crippen molar-refractivity contribution in [2.24, 2.45) is 11.8 Å². The Labute approximate surface area is 140 Å². The van der Waals surface area contributed by atoms with E-state index < -0.39 is 11.9 Å². The summed E-state index contributed by atoms with van der Waals surface area (Å²) in [6.07, 6.45) is 4.94. The van der Waals surface area contributed by atoms with Crippen LogP contribution < -0.4 is 5.32 Å². The Kier molecular flexibility index (Phi) is 11.4. The molecule has 134 valence electrons. The standard InChI is InChI=1S/C18H33NO4/c1-13(2)8-6-5-7-9-15(18(22)23)12-16(20)10-11-17(21)19-14(3)4/h13-15H,5-12H2,1-4H3,(H,19,21)(H,22,23). The summed E-state index contributed by atoms with van der Waals surface area (Å²) in [7, 11) is 0. The average Bonchev–Trinajstić information content (AvgIpc) is 2.42. The molecule has 0 saturated heterocycles. The van der Waals surface area contributed by atoms with Crippen LogP contribution in [-0.2, 0) is 14.4 Å². The largest absolute Gasteiger partial charge is 0.481 e. The molecule has 1 atom stereocenters. The van der Waals surface area contributed by atoms with E-state index in [4.69, 9.17) is 0 Å². The number of ketones is 1. The topological polar surface area (TPSA) is 83.5 Å². The van der Waals surface area contributed by atoms with E-state index >= 15 is 0 Å². The number of nitrogens with one attached hydrogen (secondary N) is 1. The first-order valence-corrected chi connectivity index (χ1v) is 8.76. The van der Waals surface area contributed by atoms with Crippen LogP contribution in [0.1, 0.15) is 79.1 Å². The van der Waals surface area contributed by atoms with Crippen LogP contribution in [0.2, 0.25) is 0 Å². The predicted molar refractivity (Wildman–Crippen MR) is 91.2 cm³/mol. The van der Waals surface area contributed by atoms with Gasteiger partial charge in [-0.15, -0.1) is 0 Å². The molecule has 1 unspecified atom stereocenters. The van der Waals surface area contributed by atoms with Crippen molar-refractivity contribution in [2.75, 3.05) is 0 Å². The van der Waals surface area contributed by atoms with Gasteiger partial charge in [0.1, 0.15) is 5.78 Å². The van der Waals surface area contributed by atoms with Crippen molar-refractivity contribution in [2.45, 2.75) is 85.1 Å². The van der Waals surface area contributed by atoms with Gasteiger partial charge in [-0.1, -0.05) is 39.5 Å². The molecule has 0 radical (unpaired) electrons. The van der Waals surface area contributed by atoms with Gasteiger partial charge in [-0.05, 0) is 26.2 Å². The summed E-state index contributed by atoms with van der Waals surface area (Å²) in [5.41, 5.74) is 0. The molecule has 0 aliphatic rings. The highest BCUT2D eigenvalue weighted by Crippen LogP contribution is 2.17. The van der Waals surface area contributed by atoms with E-state index in [1.807, 2.05) is 13.8 Å². The molecule has 0 heterocycles. The van der Waals surface area contributed by atoms with Gasteiger partial charge >= 0.3 is 5.97 Å². The first kappa shape index (κ1) is 21.6. The van der Waals surface area contributed by atoms with Crippen molar-refractivity contribution in [1.29, 1.82) is 0 Å². The number of hydrogen-bond donors (Lipinski definition) is 2. The third-order valence-electron chi connectivity index (χ3n) is 3.74. The first-order chi connectivity index (χ1) is 10.7. The number of amides is 1. The number of carboxylic acid groups (broad SMARTS) is 1. The Morgan fingerprint density at radius 3 is 2.04 bits per heavy atom. The van der Waals surface area contributed by atoms with E-state index in [2.05, 4.69) is 19.2 Å². The van der Waals surface area contributed by atoms with Crippen LogP contribution in [-0.4, -0.2) is 28.8 Å². The molecule has 5 heteroatoms. The molecule has 0 rings (SSSR count). The number of unbranched alkanes of at least 4 members (excludes halogenated alkanes) is 2. The number of Topliss-reactive ketones (excluding diaryl/α,β-unsaturated/α-hetero) is 1. The maximum atomic E-state index is 11.9. The maximum absolute atomic E-state index is 11.9. The van der Waals surface area contributed by atoms with Crippen molar-refractivity contribution in [3.63, 3.8) is 0 Å². The molecule has 5 nitrogen and oxygen atoms in total. The van der Waals surface area contributed by atoms with Gasteiger partial charge < -0.3 is 10.4 Å². The number of hydrogen-bond acceptors (Lipinski definition) is 3. The van der Waals surface area contributed by atoms with Crippen LogP contribution >= 0.6 is 0 Å². The van der Waals surface area contributed by atoms with Crippen LogP contribution in [0, 0.1) is 11.8 Å². The highest BCUT2D eigenvalue weighted by Gasteiger charge is 2.21. The number of carbonyl (C=O) groups excluding carboxylic acids is 2. The second kappa shape index (κ2) is 12.1. The van der Waals surface area contributed by atoms with E-state index in [0.717, 1.165) is 25.7 Å². The van der Waals surface area contributed by atoms with Gasteiger partial charge in [-0.3, -0.25) is 14.4 Å². The molecule has 0 aromatic heterocycles. The Balaban J connectivity index is 4.04. The van der Waals surface area contributed by atoms with Crippen LogP contribution in [0.25, 0.3) is 0 Å². The zero-order chi connectivity index (χ0) is 17.8. The lowest BCUT2D eigenvalue weighted by Crippen LogP contribution is -2.30. The molecule has 23 heavy (non-hydrogen) atoms. The lowest BCUT2D eigenvalue weighted by molar-refractivity contribution is -0.144. The molecule has 0 aromatic carbocycles. The summed E-state index contributed by atoms with van der Waals surface area (Å²) < 4.78 is 0. The SMILES string of the molecule is CC(C)CCCCCC(CC(=O)CCC(=O)NC(C)C)C(=O)O. The van der Waals surface area contributed by atoms with Gasteiger partial charge in [-0.25, -0.2) is 0 Å². The van der Waals surface area contributed by atoms with E-state index in [0.29, 0.717) is 12.3 Å². The number of aliphatic carboxylic acids is 1. The second-order valence-corrected chi connectivity index (χ2v) is 7.03. The van der Waals surface area contributed by atoms with E-state index in [1.165, 1.54) is 0 Å². The van der Waals surface area contributed by atoms with Gasteiger partial charge in [0.25, 0.3) is 0 Å². The van der Waals surface area contributed by atoms with Crippen molar-refractivity contribution in [1.82, 2.24) is 5.32 Å². The average molecular weight is 327 g/mol. The van der Waals surface area contributed by atoms with E-state index in [-0.39, 0.29) is 37.0 Å². The highest BCUT2D eigenvalue weighted by molar-refractivity contribution is 5.87. The minimum Gasteiger partial charge on any atom is -0.481 e. The first-order valence-electron chi connectivity index (χ1n) is 8.76. The Morgan fingerprint density at radius 2 is 1.52 bits per heavy atom.